The molecule has 8 rings (SSSR count). The summed E-state index contributed by atoms with van der Waals surface area (Å²) in [6.45, 7) is 7.98. The van der Waals surface area contributed by atoms with Gasteiger partial charge in [0.15, 0.2) is 6.29 Å². The number of nitro groups is 2. The molecule has 8 aromatic rings. The second-order valence-corrected chi connectivity index (χ2v) is 20.5. The summed E-state index contributed by atoms with van der Waals surface area (Å²) in [5, 5.41) is 35.5. The molecule has 0 aliphatic heterocycles. The van der Waals surface area contributed by atoms with Crippen molar-refractivity contribution in [3.8, 4) is 22.5 Å². The Bertz CT molecular complexity index is 3660. The lowest BCUT2D eigenvalue weighted by molar-refractivity contribution is -0.384. The van der Waals surface area contributed by atoms with Gasteiger partial charge in [0.05, 0.1) is 65.4 Å². The molecule has 4 heterocycles. The highest BCUT2D eigenvalue weighted by atomic mass is 16.6. The molecule has 0 aliphatic rings. The second-order valence-electron chi connectivity index (χ2n) is 20.5. The summed E-state index contributed by atoms with van der Waals surface area (Å²) in [4.78, 5) is 82.8. The fraction of sp³-hybridized carbons (Fsp3) is 0.371. The van der Waals surface area contributed by atoms with Crippen molar-refractivity contribution in [2.24, 2.45) is 19.8 Å². The monoisotopic (exact) mass is 1200 g/mol. The van der Waals surface area contributed by atoms with Crippen LogP contribution in [0.2, 0.25) is 0 Å². The van der Waals surface area contributed by atoms with E-state index in [-0.39, 0.29) is 60.4 Å². The summed E-state index contributed by atoms with van der Waals surface area (Å²) < 4.78 is 13.0. The van der Waals surface area contributed by atoms with E-state index in [1.54, 1.807) is 30.6 Å². The van der Waals surface area contributed by atoms with E-state index in [1.165, 1.54) is 20.3 Å². The van der Waals surface area contributed by atoms with Crippen molar-refractivity contribution in [2.75, 3.05) is 116 Å². The lowest BCUT2D eigenvalue weighted by atomic mass is 10.1. The first kappa shape index (κ1) is 70.1. The number of para-hydroxylation sites is 2. The molecule has 0 spiro atoms. The van der Waals surface area contributed by atoms with Gasteiger partial charge in [-0.2, -0.15) is 0 Å². The van der Waals surface area contributed by atoms with E-state index in [9.17, 15) is 34.6 Å². The van der Waals surface area contributed by atoms with E-state index in [0.29, 0.717) is 90.5 Å². The van der Waals surface area contributed by atoms with E-state index in [0.717, 1.165) is 63.6 Å². The minimum atomic E-state index is -0.379. The van der Waals surface area contributed by atoms with Crippen LogP contribution in [0.15, 0.2) is 97.3 Å². The number of carbonyl (C=O) groups is 3. The Morgan fingerprint density at radius 2 is 1.08 bits per heavy atom. The standard InChI is InChI=1S/C30H38N8O4.C26H29N7O3.C4H9NO2.2CH4/c1-20-17-25(36(4)16-15-35(2)3)26(38(40)41)18-23(20)34-30-32-14-11-22(33-30)29-21-9-7-8-10-24(21)37(5)27(29)19-31-13-12-28(39)42-6;1-17-14-22(31(4)13-12-30(2)3)23(33(35)36)15-20(17)29-26-27-11-10-19(28-26)25-18-8-6-7-9-21(18)32(5)24(25)16-34;1-7-4(6)2-3-5;;/h7-11,14,17-18,31H,12-13,15-16,19H2,1-6H3,(H,32,33,34);6-11,14-16H,12-13H2,1-5H3,(H,27,28,29);2-3,5H2,1H3;2*1H4. The van der Waals surface area contributed by atoms with Crippen LogP contribution in [0.25, 0.3) is 44.3 Å². The van der Waals surface area contributed by atoms with Crippen molar-refractivity contribution in [3.63, 3.8) is 0 Å². The predicted octanol–water partition coefficient (Wildman–Crippen LogP) is 9.43. The van der Waals surface area contributed by atoms with Crippen LogP contribution in [-0.2, 0) is 39.7 Å². The topological polar surface area (TPSA) is 292 Å². The number of methoxy groups -OCH3 is 2. The van der Waals surface area contributed by atoms with Crippen LogP contribution in [0.4, 0.5) is 46.0 Å². The number of likely N-dealkylation sites (N-methyl/N-ethyl adjacent to an activating group) is 4. The van der Waals surface area contributed by atoms with E-state index < -0.39 is 0 Å². The predicted molar refractivity (Wildman–Crippen MR) is 347 cm³/mol. The highest BCUT2D eigenvalue weighted by Gasteiger charge is 2.24. The molecule has 25 heteroatoms. The number of benzene rings is 4. The number of hydrogen-bond donors (Lipinski definition) is 4. The molecular weight excluding hydrogens is 1110 g/mol. The number of nitrogens with zero attached hydrogens (tertiary/aromatic N) is 12. The molecule has 0 saturated carbocycles. The van der Waals surface area contributed by atoms with Gasteiger partial charge in [-0.1, -0.05) is 51.3 Å². The first-order chi connectivity index (χ1) is 40.6. The van der Waals surface area contributed by atoms with Gasteiger partial charge in [0.25, 0.3) is 11.4 Å². The molecule has 5 N–H and O–H groups in total. The van der Waals surface area contributed by atoms with Gasteiger partial charge in [0.1, 0.15) is 11.4 Å². The molecule has 87 heavy (non-hydrogen) atoms. The number of nitro benzene ring substituents is 2. The summed E-state index contributed by atoms with van der Waals surface area (Å²) >= 11 is 0. The van der Waals surface area contributed by atoms with Gasteiger partial charge in [0, 0.05) is 137 Å². The lowest BCUT2D eigenvalue weighted by Gasteiger charge is -2.22. The summed E-state index contributed by atoms with van der Waals surface area (Å²) in [6.07, 6.45) is 4.69. The van der Waals surface area contributed by atoms with Gasteiger partial charge in [-0.15, -0.1) is 0 Å². The Morgan fingerprint density at radius 1 is 0.644 bits per heavy atom. The van der Waals surface area contributed by atoms with Gasteiger partial charge >= 0.3 is 11.9 Å². The lowest BCUT2D eigenvalue weighted by Crippen LogP contribution is -2.29. The number of esters is 2. The summed E-state index contributed by atoms with van der Waals surface area (Å²) in [5.74, 6) is 0.0945. The first-order valence-electron chi connectivity index (χ1n) is 27.3. The van der Waals surface area contributed by atoms with Crippen molar-refractivity contribution >= 4 is 86.1 Å². The number of carbonyl (C=O) groups excluding carboxylic acids is 3. The Kier molecular flexibility index (Phi) is 26.4. The fourth-order valence-electron chi connectivity index (χ4n) is 9.31. The molecule has 0 atom stereocenters. The third-order valence-electron chi connectivity index (χ3n) is 14.0. The van der Waals surface area contributed by atoms with Gasteiger partial charge in [-0.3, -0.25) is 34.6 Å². The smallest absolute Gasteiger partial charge is 0.306 e. The molecule has 0 bridgehead atoms. The van der Waals surface area contributed by atoms with Crippen LogP contribution in [0.5, 0.6) is 0 Å². The summed E-state index contributed by atoms with van der Waals surface area (Å²) in [5.41, 5.74) is 15.3. The van der Waals surface area contributed by atoms with E-state index in [1.807, 2.05) is 143 Å². The molecule has 0 unspecified atom stereocenters. The maximum Gasteiger partial charge on any atom is 0.306 e. The average molecular weight is 1200 g/mol. The van der Waals surface area contributed by atoms with E-state index >= 15 is 0 Å². The third-order valence-corrected chi connectivity index (χ3v) is 14.0. The Balaban J connectivity index is 0.000000331. The number of aryl methyl sites for hydroxylation is 4. The molecule has 4 aromatic heterocycles. The van der Waals surface area contributed by atoms with Crippen LogP contribution in [0.1, 0.15) is 55.0 Å². The number of hydrogen-bond acceptors (Lipinski definition) is 21. The fourth-order valence-corrected chi connectivity index (χ4v) is 9.31. The minimum absolute atomic E-state index is 0. The zero-order valence-corrected chi connectivity index (χ0v) is 50.3. The molecule has 4 aromatic carbocycles. The molecule has 25 nitrogen and oxygen atoms in total. The number of nitrogens with two attached hydrogens (primary N) is 1. The van der Waals surface area contributed by atoms with Crippen molar-refractivity contribution in [2.45, 2.75) is 48.1 Å². The van der Waals surface area contributed by atoms with Gasteiger partial charge in [0.2, 0.25) is 11.9 Å². The third kappa shape index (κ3) is 17.8. The van der Waals surface area contributed by atoms with Crippen molar-refractivity contribution in [1.82, 2.24) is 44.2 Å². The Labute approximate surface area is 508 Å². The SMILES string of the molecule is C.C.COC(=O)CCN.COC(=O)CCNCc1c(-c2ccnc(Nc3cc([N+](=O)[O-])c(N(C)CCN(C)C)cc3C)n2)c2ccccc2n1C.Cc1cc(N(C)CCN(C)C)c([N+](=O)[O-])cc1Nc1nccc(-c2c(C=O)n(C)c3ccccc23)n1. The maximum absolute atomic E-state index is 12.0. The van der Waals surface area contributed by atoms with Gasteiger partial charge in [-0.05, 0) is 89.6 Å². The van der Waals surface area contributed by atoms with Crippen LogP contribution in [0.3, 0.4) is 0 Å². The highest BCUT2D eigenvalue weighted by molar-refractivity contribution is 6.04. The second kappa shape index (κ2) is 32.7. The molecular formula is C62H84N16O9. The number of nitrogens with one attached hydrogen (secondary N) is 3. The van der Waals surface area contributed by atoms with E-state index in [2.05, 4.69) is 52.3 Å². The van der Waals surface area contributed by atoms with Crippen molar-refractivity contribution in [1.29, 1.82) is 0 Å². The Morgan fingerprint density at radius 3 is 1.51 bits per heavy atom. The molecule has 466 valence electrons. The largest absolute Gasteiger partial charge is 0.469 e. The average Bonchev–Trinajstić information content (AvgIpc) is 1.80. The molecule has 0 radical (unpaired) electrons. The van der Waals surface area contributed by atoms with Crippen LogP contribution < -0.4 is 31.5 Å². The van der Waals surface area contributed by atoms with Gasteiger partial charge in [-0.25, -0.2) is 19.9 Å². The van der Waals surface area contributed by atoms with Crippen molar-refractivity contribution in [3.05, 3.63) is 140 Å². The molecule has 0 fully saturated rings. The van der Waals surface area contributed by atoms with Crippen LogP contribution >= 0.6 is 0 Å². The first-order valence-corrected chi connectivity index (χ1v) is 27.3. The number of fused-ring (bicyclic) bond motifs is 2. The normalized spacial score (nSPS) is 10.7. The van der Waals surface area contributed by atoms with Crippen molar-refractivity contribution < 1.29 is 33.7 Å². The highest BCUT2D eigenvalue weighted by Crippen LogP contribution is 2.38. The van der Waals surface area contributed by atoms with E-state index in [4.69, 9.17) is 15.5 Å². The number of aldehydes is 1. The minimum Gasteiger partial charge on any atom is -0.469 e. The summed E-state index contributed by atoms with van der Waals surface area (Å²) in [7, 11) is 18.1. The zero-order valence-electron chi connectivity index (χ0n) is 50.3. The molecule has 0 saturated heterocycles. The molecule has 0 amide bonds. The number of anilines is 6. The number of rotatable bonds is 24. The summed E-state index contributed by atoms with van der Waals surface area (Å²) in [6, 6.07) is 26.1. The number of aromatic nitrogens is 6. The zero-order chi connectivity index (χ0) is 62.1. The quantitative estimate of drug-likeness (QED) is 0.0144. The Hall–Kier alpha value is -9.43. The maximum atomic E-state index is 12.0. The number of ether oxygens (including phenoxy) is 2. The van der Waals surface area contributed by atoms with Crippen LogP contribution in [-0.4, -0.2) is 163 Å². The molecule has 0 aliphatic carbocycles. The van der Waals surface area contributed by atoms with Crippen LogP contribution in [0, 0.1) is 34.1 Å². The van der Waals surface area contributed by atoms with Gasteiger partial charge < -0.3 is 59.9 Å².